The molecule has 0 bridgehead atoms. The molecule has 1 aliphatic rings. The van der Waals surface area contributed by atoms with Crippen LogP contribution >= 0.6 is 11.3 Å². The van der Waals surface area contributed by atoms with E-state index < -0.39 is 17.8 Å². The summed E-state index contributed by atoms with van der Waals surface area (Å²) >= 11 is 1.61. The normalized spacial score (nSPS) is 16.4. The van der Waals surface area contributed by atoms with E-state index in [1.165, 1.54) is 18.2 Å². The Hall–Kier alpha value is -3.06. The first kappa shape index (κ1) is 21.2. The summed E-state index contributed by atoms with van der Waals surface area (Å²) < 4.78 is 44.2. The van der Waals surface area contributed by atoms with Crippen LogP contribution in [0.15, 0.2) is 66.1 Å². The molecular weight excluding hydrogens is 423 g/mol. The quantitative estimate of drug-likeness (QED) is 0.466. The van der Waals surface area contributed by atoms with Gasteiger partial charge in [0.25, 0.3) is 0 Å². The van der Waals surface area contributed by atoms with E-state index in [2.05, 4.69) is 0 Å². The van der Waals surface area contributed by atoms with Gasteiger partial charge in [0.15, 0.2) is 0 Å². The van der Waals surface area contributed by atoms with Crippen molar-refractivity contribution in [2.45, 2.75) is 18.6 Å². The van der Waals surface area contributed by atoms with E-state index in [4.69, 9.17) is 4.74 Å². The van der Waals surface area contributed by atoms with Gasteiger partial charge in [-0.25, -0.2) is 0 Å². The molecule has 0 N–H and O–H groups in total. The van der Waals surface area contributed by atoms with E-state index in [1.807, 2.05) is 35.7 Å². The molecule has 31 heavy (non-hydrogen) atoms. The maximum atomic E-state index is 13.1. The fourth-order valence-electron chi connectivity index (χ4n) is 3.78. The molecule has 1 aliphatic heterocycles. The van der Waals surface area contributed by atoms with Crippen molar-refractivity contribution < 1.29 is 22.7 Å². The first-order chi connectivity index (χ1) is 14.9. The van der Waals surface area contributed by atoms with Crippen molar-refractivity contribution in [1.82, 2.24) is 4.90 Å². The van der Waals surface area contributed by atoms with Gasteiger partial charge in [-0.3, -0.25) is 4.79 Å². The lowest BCUT2D eigenvalue weighted by Crippen LogP contribution is -2.39. The van der Waals surface area contributed by atoms with Gasteiger partial charge in [0.2, 0.25) is 5.91 Å². The van der Waals surface area contributed by atoms with Crippen molar-refractivity contribution >= 4 is 23.3 Å². The van der Waals surface area contributed by atoms with Crippen LogP contribution < -0.4 is 4.74 Å². The summed E-state index contributed by atoms with van der Waals surface area (Å²) in [6, 6.07) is 14.0. The number of benzene rings is 2. The largest absolute Gasteiger partial charge is 0.497 e. The number of carbonyl (C=O) groups is 1. The van der Waals surface area contributed by atoms with Crippen LogP contribution in [-0.4, -0.2) is 24.5 Å². The van der Waals surface area contributed by atoms with Crippen molar-refractivity contribution in [2.75, 3.05) is 13.7 Å². The van der Waals surface area contributed by atoms with Gasteiger partial charge in [-0.15, -0.1) is 11.3 Å². The highest BCUT2D eigenvalue weighted by Crippen LogP contribution is 2.39. The highest BCUT2D eigenvalue weighted by Gasteiger charge is 2.34. The van der Waals surface area contributed by atoms with Gasteiger partial charge in [0.1, 0.15) is 5.75 Å². The molecule has 0 saturated heterocycles. The van der Waals surface area contributed by atoms with Crippen molar-refractivity contribution in [1.29, 1.82) is 0 Å². The Kier molecular flexibility index (Phi) is 5.87. The zero-order valence-electron chi connectivity index (χ0n) is 16.7. The third-order valence-corrected chi connectivity index (χ3v) is 6.31. The molecule has 1 amide bonds. The summed E-state index contributed by atoms with van der Waals surface area (Å²) in [6.45, 7) is 0.500. The number of thiophene rings is 1. The molecule has 1 aromatic heterocycles. The Morgan fingerprint density at radius 1 is 1.16 bits per heavy atom. The molecule has 1 unspecified atom stereocenters. The van der Waals surface area contributed by atoms with Crippen LogP contribution in [0.3, 0.4) is 0 Å². The molecule has 0 fully saturated rings. The fourth-order valence-corrected chi connectivity index (χ4v) is 4.68. The monoisotopic (exact) mass is 443 g/mol. The lowest BCUT2D eigenvalue weighted by Gasteiger charge is -2.35. The van der Waals surface area contributed by atoms with Crippen LogP contribution in [0.5, 0.6) is 5.75 Å². The summed E-state index contributed by atoms with van der Waals surface area (Å²) in [7, 11) is 1.58. The van der Waals surface area contributed by atoms with Crippen LogP contribution in [-0.2, 0) is 17.4 Å². The number of alkyl halides is 3. The number of amides is 1. The Labute approximate surface area is 182 Å². The number of hydrogen-bond donors (Lipinski definition) is 0. The first-order valence-electron chi connectivity index (χ1n) is 9.73. The number of ether oxygens (including phenoxy) is 1. The predicted octanol–water partition coefficient (Wildman–Crippen LogP) is 5.96. The average Bonchev–Trinajstić information content (AvgIpc) is 3.25. The highest BCUT2D eigenvalue weighted by molar-refractivity contribution is 7.10. The maximum absolute atomic E-state index is 13.1. The molecule has 160 valence electrons. The fraction of sp³-hybridized carbons (Fsp3) is 0.208. The zero-order chi connectivity index (χ0) is 22.0. The second-order valence-corrected chi connectivity index (χ2v) is 8.21. The molecule has 7 heteroatoms. The molecule has 3 aromatic rings. The predicted molar refractivity (Wildman–Crippen MR) is 115 cm³/mol. The summed E-state index contributed by atoms with van der Waals surface area (Å²) in [5.41, 5.74) is 1.76. The van der Waals surface area contributed by atoms with Gasteiger partial charge in [-0.05, 0) is 64.9 Å². The maximum Gasteiger partial charge on any atom is 0.416 e. The molecule has 0 aliphatic carbocycles. The minimum absolute atomic E-state index is 0.190. The molecule has 0 radical (unpaired) electrons. The number of halogens is 3. The smallest absolute Gasteiger partial charge is 0.416 e. The molecule has 2 aromatic carbocycles. The zero-order valence-corrected chi connectivity index (χ0v) is 17.5. The number of nitrogens with zero attached hydrogens (tertiary/aromatic N) is 1. The van der Waals surface area contributed by atoms with Crippen molar-refractivity contribution in [3.63, 3.8) is 0 Å². The summed E-state index contributed by atoms with van der Waals surface area (Å²) in [6.07, 6.45) is -0.447. The van der Waals surface area contributed by atoms with E-state index in [-0.39, 0.29) is 5.91 Å². The van der Waals surface area contributed by atoms with Gasteiger partial charge in [-0.2, -0.15) is 13.2 Å². The Bertz CT molecular complexity index is 1100. The van der Waals surface area contributed by atoms with E-state index in [9.17, 15) is 18.0 Å². The van der Waals surface area contributed by atoms with E-state index in [0.717, 1.165) is 34.6 Å². The van der Waals surface area contributed by atoms with Gasteiger partial charge in [-0.1, -0.05) is 24.3 Å². The topological polar surface area (TPSA) is 29.5 Å². The molecule has 1 atom stereocenters. The molecular formula is C24H20F3NO2S. The van der Waals surface area contributed by atoms with E-state index >= 15 is 0 Å². The van der Waals surface area contributed by atoms with Crippen LogP contribution in [0.2, 0.25) is 0 Å². The SMILES string of the molecule is COc1cccc(C=CC(=O)N2CCc3sccc3C2c2ccc(C(F)(F)F)cc2)c1. The number of hydrogen-bond acceptors (Lipinski definition) is 3. The van der Waals surface area contributed by atoms with Gasteiger partial charge >= 0.3 is 6.18 Å². The van der Waals surface area contributed by atoms with Crippen molar-refractivity contribution in [2.24, 2.45) is 0 Å². The second-order valence-electron chi connectivity index (χ2n) is 7.21. The third kappa shape index (κ3) is 4.51. The molecule has 0 saturated carbocycles. The highest BCUT2D eigenvalue weighted by atomic mass is 32.1. The summed E-state index contributed by atoms with van der Waals surface area (Å²) in [4.78, 5) is 16.0. The molecule has 4 rings (SSSR count). The second kappa shape index (κ2) is 8.59. The summed E-state index contributed by atoms with van der Waals surface area (Å²) in [5, 5.41) is 1.96. The van der Waals surface area contributed by atoms with Crippen molar-refractivity contribution in [3.8, 4) is 5.75 Å². The molecule has 2 heterocycles. The first-order valence-corrected chi connectivity index (χ1v) is 10.6. The third-order valence-electron chi connectivity index (χ3n) is 5.31. The van der Waals surface area contributed by atoms with E-state index in [0.29, 0.717) is 17.9 Å². The Balaban J connectivity index is 1.64. The Morgan fingerprint density at radius 2 is 1.94 bits per heavy atom. The van der Waals surface area contributed by atoms with Gasteiger partial charge in [0, 0.05) is 17.5 Å². The van der Waals surface area contributed by atoms with Crippen molar-refractivity contribution in [3.05, 3.63) is 93.2 Å². The molecule has 3 nitrogen and oxygen atoms in total. The average molecular weight is 443 g/mol. The lowest BCUT2D eigenvalue weighted by molar-refractivity contribution is -0.137. The number of methoxy groups -OCH3 is 1. The van der Waals surface area contributed by atoms with Crippen LogP contribution in [0, 0.1) is 0 Å². The number of carbonyl (C=O) groups excluding carboxylic acids is 1. The molecule has 0 spiro atoms. The van der Waals surface area contributed by atoms with Gasteiger partial charge < -0.3 is 9.64 Å². The Morgan fingerprint density at radius 3 is 2.65 bits per heavy atom. The van der Waals surface area contributed by atoms with Crippen LogP contribution in [0.4, 0.5) is 13.2 Å². The summed E-state index contributed by atoms with van der Waals surface area (Å²) in [5.74, 6) is 0.502. The standard InChI is InChI=1S/C24H20F3NO2S/c1-30-19-4-2-3-16(15-19)5-10-22(29)28-13-11-21-20(12-14-31-21)23(28)17-6-8-18(9-7-17)24(25,26)27/h2-10,12,14-15,23H,11,13H2,1H3. The van der Waals surface area contributed by atoms with Crippen LogP contribution in [0.1, 0.15) is 33.2 Å². The van der Waals surface area contributed by atoms with E-state index in [1.54, 1.807) is 29.4 Å². The number of rotatable bonds is 4. The minimum Gasteiger partial charge on any atom is -0.497 e. The minimum atomic E-state index is -4.40. The number of fused-ring (bicyclic) bond motifs is 1. The van der Waals surface area contributed by atoms with Gasteiger partial charge in [0.05, 0.1) is 18.7 Å². The van der Waals surface area contributed by atoms with Crippen LogP contribution in [0.25, 0.3) is 6.08 Å². The lowest BCUT2D eigenvalue weighted by atomic mass is 9.92.